The maximum atomic E-state index is 12.0. The van der Waals surface area contributed by atoms with E-state index >= 15 is 0 Å². The predicted molar refractivity (Wildman–Crippen MR) is 97.1 cm³/mol. The summed E-state index contributed by atoms with van der Waals surface area (Å²) in [6.07, 6.45) is 7.51. The van der Waals surface area contributed by atoms with Crippen molar-refractivity contribution < 1.29 is 9.53 Å². The fourth-order valence-electron chi connectivity index (χ4n) is 3.45. The smallest absolute Gasteiger partial charge is 0.164 e. The van der Waals surface area contributed by atoms with Gasteiger partial charge in [-0.25, -0.2) is 0 Å². The Balaban J connectivity index is 2.80. The highest BCUT2D eigenvalue weighted by molar-refractivity contribution is 5.96. The van der Waals surface area contributed by atoms with Gasteiger partial charge < -0.3 is 10.5 Å². The van der Waals surface area contributed by atoms with Gasteiger partial charge >= 0.3 is 0 Å². The molecular formula is C20H33NO2. The SMILES string of the molecule is CCCC(CCC)(CCC)COc1cccc(C(=O)CCN)c1. The standard InChI is InChI=1S/C20H33NO2/c1-4-11-20(12-5-2,13-6-3)16-23-18-9-7-8-17(15-18)19(22)10-14-21/h7-9,15H,4-6,10-14,16,21H2,1-3H3. The molecule has 0 aliphatic rings. The minimum absolute atomic E-state index is 0.0832. The van der Waals surface area contributed by atoms with Crippen LogP contribution in [0, 0.1) is 5.41 Å². The number of Topliss-reactive ketones (excluding diaryl/α,β-unsaturated/α-hetero) is 1. The molecule has 130 valence electrons. The maximum absolute atomic E-state index is 12.0. The molecule has 0 aliphatic carbocycles. The zero-order valence-corrected chi connectivity index (χ0v) is 15.1. The van der Waals surface area contributed by atoms with Gasteiger partial charge in [0.05, 0.1) is 6.61 Å². The molecule has 0 aromatic heterocycles. The third-order valence-electron chi connectivity index (χ3n) is 4.41. The summed E-state index contributed by atoms with van der Waals surface area (Å²) < 4.78 is 6.11. The topological polar surface area (TPSA) is 52.3 Å². The quantitative estimate of drug-likeness (QED) is 0.553. The Morgan fingerprint density at radius 2 is 1.70 bits per heavy atom. The molecule has 0 heterocycles. The molecule has 0 aliphatic heterocycles. The molecule has 0 fully saturated rings. The first-order chi connectivity index (χ1) is 11.1. The fourth-order valence-corrected chi connectivity index (χ4v) is 3.45. The molecule has 1 rings (SSSR count). The molecule has 0 spiro atoms. The average molecular weight is 319 g/mol. The second kappa shape index (κ2) is 10.4. The van der Waals surface area contributed by atoms with Crippen LogP contribution in [-0.4, -0.2) is 18.9 Å². The van der Waals surface area contributed by atoms with Crippen LogP contribution in [0.15, 0.2) is 24.3 Å². The zero-order chi connectivity index (χ0) is 17.1. The minimum atomic E-state index is 0.0832. The molecule has 23 heavy (non-hydrogen) atoms. The molecule has 0 bridgehead atoms. The normalized spacial score (nSPS) is 11.5. The zero-order valence-electron chi connectivity index (χ0n) is 15.1. The van der Waals surface area contributed by atoms with Gasteiger partial charge in [0.25, 0.3) is 0 Å². The van der Waals surface area contributed by atoms with Crippen molar-refractivity contribution in [3.05, 3.63) is 29.8 Å². The first kappa shape index (κ1) is 19.7. The number of nitrogens with two attached hydrogens (primary N) is 1. The van der Waals surface area contributed by atoms with E-state index in [0.717, 1.165) is 12.4 Å². The van der Waals surface area contributed by atoms with E-state index in [-0.39, 0.29) is 11.2 Å². The van der Waals surface area contributed by atoms with Crippen LogP contribution in [0.5, 0.6) is 5.75 Å². The molecule has 0 amide bonds. The molecule has 1 aromatic rings. The van der Waals surface area contributed by atoms with Gasteiger partial charge in [-0.2, -0.15) is 0 Å². The van der Waals surface area contributed by atoms with Gasteiger partial charge in [-0.1, -0.05) is 52.2 Å². The van der Waals surface area contributed by atoms with E-state index in [1.54, 1.807) is 0 Å². The highest BCUT2D eigenvalue weighted by atomic mass is 16.5. The minimum Gasteiger partial charge on any atom is -0.493 e. The number of hydrogen-bond acceptors (Lipinski definition) is 3. The summed E-state index contributed by atoms with van der Waals surface area (Å²) in [6.45, 7) is 7.85. The second-order valence-electron chi connectivity index (χ2n) is 6.53. The van der Waals surface area contributed by atoms with Crippen molar-refractivity contribution >= 4 is 5.78 Å². The summed E-state index contributed by atoms with van der Waals surface area (Å²) in [7, 11) is 0. The summed E-state index contributed by atoms with van der Waals surface area (Å²) in [4.78, 5) is 12.0. The lowest BCUT2D eigenvalue weighted by molar-refractivity contribution is 0.0981. The van der Waals surface area contributed by atoms with Crippen LogP contribution in [0.1, 0.15) is 76.1 Å². The average Bonchev–Trinajstić information content (AvgIpc) is 2.54. The van der Waals surface area contributed by atoms with E-state index in [4.69, 9.17) is 10.5 Å². The van der Waals surface area contributed by atoms with Crippen LogP contribution in [0.3, 0.4) is 0 Å². The van der Waals surface area contributed by atoms with Crippen molar-refractivity contribution in [2.75, 3.05) is 13.2 Å². The molecule has 0 atom stereocenters. The van der Waals surface area contributed by atoms with E-state index < -0.39 is 0 Å². The third-order valence-corrected chi connectivity index (χ3v) is 4.41. The van der Waals surface area contributed by atoms with Gasteiger partial charge in [-0.3, -0.25) is 4.79 Å². The Hall–Kier alpha value is -1.35. The second-order valence-corrected chi connectivity index (χ2v) is 6.53. The largest absolute Gasteiger partial charge is 0.493 e. The number of rotatable bonds is 12. The summed E-state index contributed by atoms with van der Waals surface area (Å²) >= 11 is 0. The van der Waals surface area contributed by atoms with Crippen LogP contribution in [0.25, 0.3) is 0 Å². The lowest BCUT2D eigenvalue weighted by atomic mass is 9.76. The summed E-state index contributed by atoms with van der Waals surface area (Å²) in [6, 6.07) is 7.52. The predicted octanol–water partition coefficient (Wildman–Crippen LogP) is 4.98. The van der Waals surface area contributed by atoms with Crippen molar-refractivity contribution in [1.29, 1.82) is 0 Å². The molecule has 1 aromatic carbocycles. The van der Waals surface area contributed by atoms with E-state index in [0.29, 0.717) is 18.5 Å². The number of ketones is 1. The van der Waals surface area contributed by atoms with Gasteiger partial charge in [0.1, 0.15) is 5.75 Å². The number of carbonyl (C=O) groups is 1. The number of hydrogen-bond donors (Lipinski definition) is 1. The Kier molecular flexibility index (Phi) is 8.93. The Labute approximate surface area is 141 Å². The van der Waals surface area contributed by atoms with Gasteiger partial charge in [-0.15, -0.1) is 0 Å². The molecule has 0 saturated carbocycles. The summed E-state index contributed by atoms with van der Waals surface area (Å²) in [5.41, 5.74) is 6.42. The molecule has 0 radical (unpaired) electrons. The number of benzene rings is 1. The first-order valence-corrected chi connectivity index (χ1v) is 9.07. The molecular weight excluding hydrogens is 286 g/mol. The number of carbonyl (C=O) groups excluding carboxylic acids is 1. The van der Waals surface area contributed by atoms with Crippen LogP contribution in [0.4, 0.5) is 0 Å². The maximum Gasteiger partial charge on any atom is 0.164 e. The van der Waals surface area contributed by atoms with Gasteiger partial charge in [0, 0.05) is 17.4 Å². The van der Waals surface area contributed by atoms with Crippen LogP contribution < -0.4 is 10.5 Å². The molecule has 3 heteroatoms. The van der Waals surface area contributed by atoms with Crippen molar-refractivity contribution in [1.82, 2.24) is 0 Å². The van der Waals surface area contributed by atoms with Crippen molar-refractivity contribution in [3.63, 3.8) is 0 Å². The van der Waals surface area contributed by atoms with Crippen LogP contribution in [-0.2, 0) is 0 Å². The molecule has 0 saturated heterocycles. The van der Waals surface area contributed by atoms with Gasteiger partial charge in [-0.05, 0) is 37.9 Å². The monoisotopic (exact) mass is 319 g/mol. The van der Waals surface area contributed by atoms with Crippen molar-refractivity contribution in [2.45, 2.75) is 65.7 Å². The van der Waals surface area contributed by atoms with E-state index in [1.165, 1.54) is 38.5 Å². The highest BCUT2D eigenvalue weighted by Gasteiger charge is 2.28. The lowest BCUT2D eigenvalue weighted by Crippen LogP contribution is -2.28. The molecule has 3 nitrogen and oxygen atoms in total. The fraction of sp³-hybridized carbons (Fsp3) is 0.650. The summed E-state index contributed by atoms with van der Waals surface area (Å²) in [5, 5.41) is 0. The van der Waals surface area contributed by atoms with E-state index in [1.807, 2.05) is 24.3 Å². The Bertz CT molecular complexity index is 453. The van der Waals surface area contributed by atoms with Gasteiger partial charge in [0.15, 0.2) is 5.78 Å². The molecule has 2 N–H and O–H groups in total. The van der Waals surface area contributed by atoms with Crippen molar-refractivity contribution in [3.8, 4) is 5.75 Å². The van der Waals surface area contributed by atoms with Crippen LogP contribution >= 0.6 is 0 Å². The van der Waals surface area contributed by atoms with Crippen molar-refractivity contribution in [2.24, 2.45) is 11.1 Å². The third kappa shape index (κ3) is 6.34. The van der Waals surface area contributed by atoms with E-state index in [9.17, 15) is 4.79 Å². The molecule has 0 unspecified atom stereocenters. The van der Waals surface area contributed by atoms with Gasteiger partial charge in [0.2, 0.25) is 0 Å². The Morgan fingerprint density at radius 3 is 2.22 bits per heavy atom. The summed E-state index contributed by atoms with van der Waals surface area (Å²) in [5.74, 6) is 0.875. The number of ether oxygens (including phenoxy) is 1. The lowest BCUT2D eigenvalue weighted by Gasteiger charge is -2.33. The van der Waals surface area contributed by atoms with E-state index in [2.05, 4.69) is 20.8 Å². The Morgan fingerprint density at radius 1 is 1.09 bits per heavy atom. The van der Waals surface area contributed by atoms with Crippen LogP contribution in [0.2, 0.25) is 0 Å². The first-order valence-electron chi connectivity index (χ1n) is 9.07. The highest BCUT2D eigenvalue weighted by Crippen LogP contribution is 2.35.